The molecule has 0 radical (unpaired) electrons. The summed E-state index contributed by atoms with van der Waals surface area (Å²) in [5.41, 5.74) is 0.999. The molecular weight excluding hydrogens is 384 g/mol. The Morgan fingerprint density at radius 2 is 2.07 bits per heavy atom. The maximum atomic E-state index is 12.2. The Labute approximate surface area is 167 Å². The predicted octanol–water partition coefficient (Wildman–Crippen LogP) is 3.08. The Morgan fingerprint density at radius 3 is 2.75 bits per heavy atom. The highest BCUT2D eigenvalue weighted by atomic mass is 35.5. The Morgan fingerprint density at radius 1 is 1.32 bits per heavy atom. The number of benzene rings is 2. The van der Waals surface area contributed by atoms with E-state index in [4.69, 9.17) is 21.2 Å². The van der Waals surface area contributed by atoms with Crippen molar-refractivity contribution < 1.29 is 24.3 Å². The van der Waals surface area contributed by atoms with E-state index in [9.17, 15) is 14.7 Å². The third-order valence-corrected chi connectivity index (χ3v) is 4.80. The first-order valence-electron chi connectivity index (χ1n) is 8.91. The normalized spacial score (nSPS) is 16.9. The van der Waals surface area contributed by atoms with Gasteiger partial charge in [0.15, 0.2) is 0 Å². The Kier molecular flexibility index (Phi) is 6.36. The summed E-state index contributed by atoms with van der Waals surface area (Å²) < 4.78 is 5.22. The maximum Gasteiger partial charge on any atom is 0.326 e. The van der Waals surface area contributed by atoms with Gasteiger partial charge >= 0.3 is 5.97 Å². The molecule has 0 aromatic heterocycles. The monoisotopic (exact) mass is 404 g/mol. The number of methoxy groups -OCH3 is 1. The first-order chi connectivity index (χ1) is 13.4. The van der Waals surface area contributed by atoms with Gasteiger partial charge in [0.2, 0.25) is 5.91 Å². The SMILES string of the molecule is COc1ccc2cc(CCC(=O)N[C@@H](CC3CC(Cl)=NO3)C(=O)O)ccc2c1. The minimum Gasteiger partial charge on any atom is -0.497 e. The average Bonchev–Trinajstić information content (AvgIpc) is 3.10. The van der Waals surface area contributed by atoms with Crippen LogP contribution >= 0.6 is 11.6 Å². The van der Waals surface area contributed by atoms with Gasteiger partial charge in [-0.15, -0.1) is 0 Å². The number of carbonyl (C=O) groups is 2. The third-order valence-electron chi connectivity index (χ3n) is 4.58. The largest absolute Gasteiger partial charge is 0.497 e. The van der Waals surface area contributed by atoms with E-state index < -0.39 is 18.1 Å². The number of ether oxygens (including phenoxy) is 1. The van der Waals surface area contributed by atoms with E-state index in [1.807, 2.05) is 36.4 Å². The van der Waals surface area contributed by atoms with Crippen LogP contribution in [0.5, 0.6) is 5.75 Å². The van der Waals surface area contributed by atoms with Crippen molar-refractivity contribution in [2.45, 2.75) is 37.8 Å². The molecule has 0 aliphatic carbocycles. The summed E-state index contributed by atoms with van der Waals surface area (Å²) in [6.45, 7) is 0. The molecule has 0 bridgehead atoms. The number of oxime groups is 1. The number of amides is 1. The molecule has 2 atom stereocenters. The van der Waals surface area contributed by atoms with Gasteiger partial charge in [0.25, 0.3) is 0 Å². The second-order valence-electron chi connectivity index (χ2n) is 6.64. The van der Waals surface area contributed by atoms with Crippen LogP contribution in [0.4, 0.5) is 0 Å². The molecular formula is C20H21ClN2O5. The summed E-state index contributed by atoms with van der Waals surface area (Å²) in [6, 6.07) is 10.7. The van der Waals surface area contributed by atoms with E-state index in [1.165, 1.54) is 0 Å². The van der Waals surface area contributed by atoms with Crippen LogP contribution in [0.1, 0.15) is 24.8 Å². The maximum absolute atomic E-state index is 12.2. The number of nitrogens with zero attached hydrogens (tertiary/aromatic N) is 1. The lowest BCUT2D eigenvalue weighted by Crippen LogP contribution is -2.43. The number of hydrogen-bond donors (Lipinski definition) is 2. The first kappa shape index (κ1) is 19.9. The van der Waals surface area contributed by atoms with Crippen molar-refractivity contribution in [2.75, 3.05) is 7.11 Å². The standard InChI is InChI=1S/C20H21ClN2O5/c1-27-15-6-5-13-8-12(2-4-14(13)9-15)3-7-19(24)22-17(20(25)26)10-16-11-18(21)23-28-16/h2,4-6,8-9,16-17H,3,7,10-11H2,1H3,(H,22,24)(H,25,26)/t16?,17-/m0/s1. The number of carboxylic acids is 1. The zero-order valence-electron chi connectivity index (χ0n) is 15.4. The number of aliphatic carboxylic acids is 1. The van der Waals surface area contributed by atoms with Gasteiger partial charge in [-0.25, -0.2) is 4.79 Å². The lowest BCUT2D eigenvalue weighted by atomic mass is 10.0. The summed E-state index contributed by atoms with van der Waals surface area (Å²) >= 11 is 5.73. The number of halogens is 1. The number of rotatable bonds is 8. The average molecular weight is 405 g/mol. The van der Waals surface area contributed by atoms with E-state index in [-0.39, 0.29) is 18.7 Å². The van der Waals surface area contributed by atoms with Crippen LogP contribution in [0.3, 0.4) is 0 Å². The van der Waals surface area contributed by atoms with Crippen molar-refractivity contribution in [3.8, 4) is 5.75 Å². The number of hydrogen-bond acceptors (Lipinski definition) is 5. The molecule has 2 N–H and O–H groups in total. The van der Waals surface area contributed by atoms with Crippen molar-refractivity contribution >= 4 is 39.4 Å². The molecule has 1 amide bonds. The van der Waals surface area contributed by atoms with Crippen molar-refractivity contribution in [3.63, 3.8) is 0 Å². The Hall–Kier alpha value is -2.80. The molecule has 8 heteroatoms. The Bertz CT molecular complexity index is 915. The van der Waals surface area contributed by atoms with Crippen LogP contribution in [0, 0.1) is 0 Å². The smallest absolute Gasteiger partial charge is 0.326 e. The van der Waals surface area contributed by atoms with Crippen LogP contribution in [0.15, 0.2) is 41.6 Å². The predicted molar refractivity (Wildman–Crippen MR) is 106 cm³/mol. The zero-order valence-corrected chi connectivity index (χ0v) is 16.1. The summed E-state index contributed by atoms with van der Waals surface area (Å²) in [5, 5.41) is 17.9. The number of fused-ring (bicyclic) bond motifs is 1. The number of nitrogens with one attached hydrogen (secondary N) is 1. The van der Waals surface area contributed by atoms with Gasteiger partial charge in [-0.1, -0.05) is 41.0 Å². The third kappa shape index (κ3) is 5.13. The quantitative estimate of drug-likeness (QED) is 0.704. The molecule has 0 saturated heterocycles. The zero-order chi connectivity index (χ0) is 20.1. The molecule has 1 unspecified atom stereocenters. The fourth-order valence-electron chi connectivity index (χ4n) is 3.08. The summed E-state index contributed by atoms with van der Waals surface area (Å²) in [7, 11) is 1.62. The van der Waals surface area contributed by atoms with E-state index >= 15 is 0 Å². The van der Waals surface area contributed by atoms with Gasteiger partial charge in [0.1, 0.15) is 23.1 Å². The molecule has 1 heterocycles. The second kappa shape index (κ2) is 8.93. The summed E-state index contributed by atoms with van der Waals surface area (Å²) in [5.74, 6) is -0.649. The number of carbonyl (C=O) groups excluding carboxylic acids is 1. The van der Waals surface area contributed by atoms with Gasteiger partial charge in [0, 0.05) is 19.3 Å². The van der Waals surface area contributed by atoms with Gasteiger partial charge in [-0.2, -0.15) is 0 Å². The van der Waals surface area contributed by atoms with E-state index in [0.717, 1.165) is 22.1 Å². The molecule has 1 aliphatic rings. The molecule has 2 aromatic carbocycles. The van der Waals surface area contributed by atoms with Crippen molar-refractivity contribution in [3.05, 3.63) is 42.0 Å². The highest BCUT2D eigenvalue weighted by molar-refractivity contribution is 6.65. The fraction of sp³-hybridized carbons (Fsp3) is 0.350. The lowest BCUT2D eigenvalue weighted by molar-refractivity contribution is -0.142. The summed E-state index contributed by atoms with van der Waals surface area (Å²) in [6.07, 6.45) is 0.719. The molecule has 148 valence electrons. The van der Waals surface area contributed by atoms with E-state index in [0.29, 0.717) is 18.0 Å². The Balaban J connectivity index is 1.55. The summed E-state index contributed by atoms with van der Waals surface area (Å²) in [4.78, 5) is 28.7. The molecule has 1 aliphatic heterocycles. The molecule has 0 spiro atoms. The molecule has 0 saturated carbocycles. The van der Waals surface area contributed by atoms with Crippen molar-refractivity contribution in [1.29, 1.82) is 0 Å². The van der Waals surface area contributed by atoms with Gasteiger partial charge in [0.05, 0.1) is 7.11 Å². The van der Waals surface area contributed by atoms with Crippen LogP contribution in [0.25, 0.3) is 10.8 Å². The van der Waals surface area contributed by atoms with Gasteiger partial charge in [-0.3, -0.25) is 4.79 Å². The van der Waals surface area contributed by atoms with Crippen LogP contribution in [0.2, 0.25) is 0 Å². The number of carboxylic acid groups (broad SMARTS) is 1. The molecule has 2 aromatic rings. The van der Waals surface area contributed by atoms with Gasteiger partial charge < -0.3 is 20.0 Å². The molecule has 3 rings (SSSR count). The minimum absolute atomic E-state index is 0.110. The topological polar surface area (TPSA) is 97.2 Å². The van der Waals surface area contributed by atoms with Crippen molar-refractivity contribution in [2.24, 2.45) is 5.16 Å². The van der Waals surface area contributed by atoms with Gasteiger partial charge in [-0.05, 0) is 34.9 Å². The minimum atomic E-state index is -1.11. The lowest BCUT2D eigenvalue weighted by Gasteiger charge is -2.17. The molecule has 0 fully saturated rings. The van der Waals surface area contributed by atoms with Crippen molar-refractivity contribution in [1.82, 2.24) is 5.32 Å². The van der Waals surface area contributed by atoms with E-state index in [2.05, 4.69) is 10.5 Å². The van der Waals surface area contributed by atoms with Crippen LogP contribution in [-0.2, 0) is 20.8 Å². The second-order valence-corrected chi connectivity index (χ2v) is 7.08. The highest BCUT2D eigenvalue weighted by Crippen LogP contribution is 2.22. The van der Waals surface area contributed by atoms with Crippen LogP contribution in [-0.4, -0.2) is 41.4 Å². The van der Waals surface area contributed by atoms with E-state index in [1.54, 1.807) is 7.11 Å². The highest BCUT2D eigenvalue weighted by Gasteiger charge is 2.28. The molecule has 28 heavy (non-hydrogen) atoms. The molecule has 7 nitrogen and oxygen atoms in total. The fourth-order valence-corrected chi connectivity index (χ4v) is 3.30. The van der Waals surface area contributed by atoms with Crippen LogP contribution < -0.4 is 10.1 Å². The number of aryl methyl sites for hydroxylation is 1. The first-order valence-corrected chi connectivity index (χ1v) is 9.29.